The molecule has 0 aromatic heterocycles. The Morgan fingerprint density at radius 1 is 1.13 bits per heavy atom. The summed E-state index contributed by atoms with van der Waals surface area (Å²) in [5.74, 6) is -0.926. The van der Waals surface area contributed by atoms with E-state index >= 15 is 0 Å². The first-order valence-electron chi connectivity index (χ1n) is 8.56. The normalized spacial score (nSPS) is 21.3. The number of hydrogen-bond acceptors (Lipinski definition) is 5. The average Bonchev–Trinajstić information content (AvgIpc) is 2.55. The van der Waals surface area contributed by atoms with Gasteiger partial charge in [-0.1, -0.05) is 0 Å². The van der Waals surface area contributed by atoms with Crippen LogP contribution in [0.1, 0.15) is 25.7 Å². The Kier molecular flexibility index (Phi) is 7.26. The van der Waals surface area contributed by atoms with Gasteiger partial charge in [0, 0.05) is 38.6 Å². The number of carboxylic acids is 1. The van der Waals surface area contributed by atoms with Crippen molar-refractivity contribution in [2.45, 2.75) is 31.7 Å². The molecule has 0 spiro atoms. The Bertz CT molecular complexity index is 391. The van der Waals surface area contributed by atoms with Crippen molar-refractivity contribution in [2.24, 2.45) is 0 Å². The van der Waals surface area contributed by atoms with E-state index < -0.39 is 5.97 Å². The van der Waals surface area contributed by atoms with Gasteiger partial charge in [0.15, 0.2) is 0 Å². The van der Waals surface area contributed by atoms with Crippen LogP contribution in [0.5, 0.6) is 0 Å². The lowest BCUT2D eigenvalue weighted by atomic mass is 10.0. The molecular weight excluding hydrogens is 298 g/mol. The second kappa shape index (κ2) is 9.20. The standard InChI is InChI=1S/C16H29N3O4/c1-17-6-4-14(5-7-17)19(15(20)2-3-16(21)22)9-8-18-10-12-23-13-11-18/h14H,2-13H2,1H3,(H,21,22). The first-order chi connectivity index (χ1) is 11.1. The second-order valence-electron chi connectivity index (χ2n) is 6.47. The number of ether oxygens (including phenoxy) is 1. The smallest absolute Gasteiger partial charge is 0.303 e. The fourth-order valence-electron chi connectivity index (χ4n) is 3.25. The number of rotatable bonds is 7. The molecule has 0 aromatic rings. The third-order valence-corrected chi connectivity index (χ3v) is 4.76. The lowest BCUT2D eigenvalue weighted by Crippen LogP contribution is -2.50. The first kappa shape index (κ1) is 18.2. The van der Waals surface area contributed by atoms with Crippen LogP contribution in [-0.4, -0.2) is 97.3 Å². The molecule has 0 unspecified atom stereocenters. The number of carbonyl (C=O) groups is 2. The van der Waals surface area contributed by atoms with Crippen LogP contribution in [0.4, 0.5) is 0 Å². The summed E-state index contributed by atoms with van der Waals surface area (Å²) in [7, 11) is 2.10. The fraction of sp³-hybridized carbons (Fsp3) is 0.875. The summed E-state index contributed by atoms with van der Waals surface area (Å²) in [6, 6.07) is 0.244. The van der Waals surface area contributed by atoms with E-state index in [-0.39, 0.29) is 24.8 Å². The summed E-state index contributed by atoms with van der Waals surface area (Å²) in [6.45, 7) is 6.83. The van der Waals surface area contributed by atoms with Gasteiger partial charge in [0.1, 0.15) is 0 Å². The number of nitrogens with zero attached hydrogens (tertiary/aromatic N) is 3. The van der Waals surface area contributed by atoms with E-state index in [2.05, 4.69) is 16.8 Å². The van der Waals surface area contributed by atoms with Crippen molar-refractivity contribution < 1.29 is 19.4 Å². The number of likely N-dealkylation sites (tertiary alicyclic amines) is 1. The summed E-state index contributed by atoms with van der Waals surface area (Å²) < 4.78 is 5.35. The molecule has 0 aromatic carbocycles. The molecule has 0 radical (unpaired) electrons. The van der Waals surface area contributed by atoms with Crippen LogP contribution in [0.2, 0.25) is 0 Å². The van der Waals surface area contributed by atoms with E-state index in [1.54, 1.807) is 0 Å². The summed E-state index contributed by atoms with van der Waals surface area (Å²) in [4.78, 5) is 29.8. The van der Waals surface area contributed by atoms with Gasteiger partial charge >= 0.3 is 5.97 Å². The zero-order chi connectivity index (χ0) is 16.7. The number of piperidine rings is 1. The van der Waals surface area contributed by atoms with E-state index in [1.165, 1.54) is 0 Å². The van der Waals surface area contributed by atoms with Gasteiger partial charge in [-0.3, -0.25) is 14.5 Å². The molecule has 0 atom stereocenters. The van der Waals surface area contributed by atoms with E-state index in [0.29, 0.717) is 6.54 Å². The predicted octanol–water partition coefficient (Wildman–Crippen LogP) is 0.106. The predicted molar refractivity (Wildman–Crippen MR) is 86.4 cm³/mol. The molecule has 2 saturated heterocycles. The molecule has 132 valence electrons. The molecule has 0 aliphatic carbocycles. The largest absolute Gasteiger partial charge is 0.481 e. The molecule has 7 nitrogen and oxygen atoms in total. The highest BCUT2D eigenvalue weighted by molar-refractivity contribution is 5.81. The van der Waals surface area contributed by atoms with Crippen LogP contribution in [-0.2, 0) is 14.3 Å². The maximum Gasteiger partial charge on any atom is 0.303 e. The Labute approximate surface area is 138 Å². The molecule has 2 heterocycles. The summed E-state index contributed by atoms with van der Waals surface area (Å²) in [5.41, 5.74) is 0. The SMILES string of the molecule is CN1CCC(N(CCN2CCOCC2)C(=O)CCC(=O)O)CC1. The van der Waals surface area contributed by atoms with E-state index in [4.69, 9.17) is 9.84 Å². The van der Waals surface area contributed by atoms with E-state index in [1.807, 2.05) is 4.90 Å². The number of hydrogen-bond donors (Lipinski definition) is 1. The van der Waals surface area contributed by atoms with Crippen molar-refractivity contribution in [2.75, 3.05) is 59.5 Å². The number of amides is 1. The maximum atomic E-state index is 12.5. The zero-order valence-electron chi connectivity index (χ0n) is 14.1. The van der Waals surface area contributed by atoms with Crippen LogP contribution in [0.15, 0.2) is 0 Å². The van der Waals surface area contributed by atoms with Gasteiger partial charge < -0.3 is 19.6 Å². The maximum absolute atomic E-state index is 12.5. The van der Waals surface area contributed by atoms with Crippen LogP contribution >= 0.6 is 0 Å². The number of carbonyl (C=O) groups excluding carboxylic acids is 1. The molecule has 2 rings (SSSR count). The molecule has 2 fully saturated rings. The monoisotopic (exact) mass is 327 g/mol. The Morgan fingerprint density at radius 2 is 1.78 bits per heavy atom. The highest BCUT2D eigenvalue weighted by Gasteiger charge is 2.27. The third kappa shape index (κ3) is 6.08. The van der Waals surface area contributed by atoms with Crippen molar-refractivity contribution in [3.05, 3.63) is 0 Å². The van der Waals surface area contributed by atoms with Gasteiger partial charge in [-0.2, -0.15) is 0 Å². The van der Waals surface area contributed by atoms with Crippen LogP contribution in [0, 0.1) is 0 Å². The van der Waals surface area contributed by atoms with Crippen molar-refractivity contribution in [1.29, 1.82) is 0 Å². The van der Waals surface area contributed by atoms with Gasteiger partial charge in [0.25, 0.3) is 0 Å². The van der Waals surface area contributed by atoms with Gasteiger partial charge in [-0.05, 0) is 33.0 Å². The number of aliphatic carboxylic acids is 1. The van der Waals surface area contributed by atoms with Gasteiger partial charge in [-0.25, -0.2) is 0 Å². The highest BCUT2D eigenvalue weighted by Crippen LogP contribution is 2.17. The molecule has 23 heavy (non-hydrogen) atoms. The average molecular weight is 327 g/mol. The van der Waals surface area contributed by atoms with Crippen molar-refractivity contribution >= 4 is 11.9 Å². The zero-order valence-corrected chi connectivity index (χ0v) is 14.1. The molecule has 2 aliphatic rings. The van der Waals surface area contributed by atoms with Crippen LogP contribution < -0.4 is 0 Å². The minimum atomic E-state index is -0.908. The van der Waals surface area contributed by atoms with Crippen molar-refractivity contribution in [1.82, 2.24) is 14.7 Å². The van der Waals surface area contributed by atoms with Gasteiger partial charge in [-0.15, -0.1) is 0 Å². The second-order valence-corrected chi connectivity index (χ2v) is 6.47. The minimum Gasteiger partial charge on any atom is -0.481 e. The molecule has 1 N–H and O–H groups in total. The number of morpholine rings is 1. The first-order valence-corrected chi connectivity index (χ1v) is 8.56. The Hall–Kier alpha value is -1.18. The van der Waals surface area contributed by atoms with Crippen LogP contribution in [0.3, 0.4) is 0 Å². The van der Waals surface area contributed by atoms with Gasteiger partial charge in [0.05, 0.1) is 19.6 Å². The lowest BCUT2D eigenvalue weighted by Gasteiger charge is -2.39. The Morgan fingerprint density at radius 3 is 2.39 bits per heavy atom. The lowest BCUT2D eigenvalue weighted by molar-refractivity contribution is -0.142. The molecule has 1 amide bonds. The van der Waals surface area contributed by atoms with Gasteiger partial charge in [0.2, 0.25) is 5.91 Å². The van der Waals surface area contributed by atoms with Crippen molar-refractivity contribution in [3.8, 4) is 0 Å². The quantitative estimate of drug-likeness (QED) is 0.715. The molecule has 7 heteroatoms. The topological polar surface area (TPSA) is 73.3 Å². The summed E-state index contributed by atoms with van der Waals surface area (Å²) in [5, 5.41) is 8.82. The third-order valence-electron chi connectivity index (χ3n) is 4.76. The molecule has 2 aliphatic heterocycles. The van der Waals surface area contributed by atoms with Crippen molar-refractivity contribution in [3.63, 3.8) is 0 Å². The molecule has 0 bridgehead atoms. The van der Waals surface area contributed by atoms with E-state index in [9.17, 15) is 9.59 Å². The summed E-state index contributed by atoms with van der Waals surface area (Å²) in [6.07, 6.45) is 1.96. The fourth-order valence-corrected chi connectivity index (χ4v) is 3.25. The molecule has 0 saturated carbocycles. The Balaban J connectivity index is 1.89. The highest BCUT2D eigenvalue weighted by atomic mass is 16.5. The molecular formula is C16H29N3O4. The summed E-state index contributed by atoms with van der Waals surface area (Å²) >= 11 is 0. The van der Waals surface area contributed by atoms with Crippen LogP contribution in [0.25, 0.3) is 0 Å². The van der Waals surface area contributed by atoms with E-state index in [0.717, 1.165) is 58.8 Å². The number of carboxylic acid groups (broad SMARTS) is 1. The minimum absolute atomic E-state index is 0.0183.